The molecule has 0 aromatic heterocycles. The Hall–Kier alpha value is -0.300. The zero-order chi connectivity index (χ0) is 8.89. The SMILES string of the molecule is OCC1(CC2CC3C=CC2C3)CC1. The van der Waals surface area contributed by atoms with Crippen molar-refractivity contribution in [1.82, 2.24) is 0 Å². The van der Waals surface area contributed by atoms with Gasteiger partial charge >= 0.3 is 0 Å². The van der Waals surface area contributed by atoms with Gasteiger partial charge in [-0.3, -0.25) is 0 Å². The Morgan fingerprint density at radius 1 is 1.23 bits per heavy atom. The van der Waals surface area contributed by atoms with Crippen molar-refractivity contribution in [3.63, 3.8) is 0 Å². The van der Waals surface area contributed by atoms with E-state index in [2.05, 4.69) is 12.2 Å². The van der Waals surface area contributed by atoms with E-state index in [-0.39, 0.29) is 0 Å². The molecule has 0 amide bonds. The van der Waals surface area contributed by atoms with Gasteiger partial charge in [0.1, 0.15) is 0 Å². The highest BCUT2D eigenvalue weighted by atomic mass is 16.3. The fourth-order valence-corrected chi connectivity index (χ4v) is 3.29. The minimum Gasteiger partial charge on any atom is -0.396 e. The predicted octanol–water partition coefficient (Wildman–Crippen LogP) is 2.36. The number of aliphatic hydroxyl groups excluding tert-OH is 1. The van der Waals surface area contributed by atoms with E-state index in [1.807, 2.05) is 0 Å². The molecule has 3 aliphatic carbocycles. The van der Waals surface area contributed by atoms with E-state index < -0.39 is 0 Å². The molecule has 0 spiro atoms. The van der Waals surface area contributed by atoms with Crippen molar-refractivity contribution in [3.8, 4) is 0 Å². The van der Waals surface area contributed by atoms with Crippen LogP contribution < -0.4 is 0 Å². The lowest BCUT2D eigenvalue weighted by Crippen LogP contribution is -2.16. The molecule has 0 aromatic rings. The summed E-state index contributed by atoms with van der Waals surface area (Å²) in [4.78, 5) is 0. The van der Waals surface area contributed by atoms with Gasteiger partial charge in [0.05, 0.1) is 0 Å². The van der Waals surface area contributed by atoms with Gasteiger partial charge in [-0.1, -0.05) is 12.2 Å². The van der Waals surface area contributed by atoms with Gasteiger partial charge in [-0.05, 0) is 55.3 Å². The first-order valence-corrected chi connectivity index (χ1v) is 5.61. The van der Waals surface area contributed by atoms with Gasteiger partial charge in [0.2, 0.25) is 0 Å². The molecule has 0 aromatic carbocycles. The van der Waals surface area contributed by atoms with Crippen molar-refractivity contribution >= 4 is 0 Å². The van der Waals surface area contributed by atoms with Crippen LogP contribution >= 0.6 is 0 Å². The van der Waals surface area contributed by atoms with Crippen LogP contribution in [0.15, 0.2) is 12.2 Å². The molecule has 1 nitrogen and oxygen atoms in total. The van der Waals surface area contributed by atoms with Crippen LogP contribution in [-0.4, -0.2) is 11.7 Å². The Labute approximate surface area is 79.8 Å². The molecule has 3 aliphatic rings. The normalized spacial score (nSPS) is 44.2. The second kappa shape index (κ2) is 2.60. The van der Waals surface area contributed by atoms with Gasteiger partial charge in [0.25, 0.3) is 0 Å². The van der Waals surface area contributed by atoms with Gasteiger partial charge in [-0.2, -0.15) is 0 Å². The van der Waals surface area contributed by atoms with Gasteiger partial charge in [0, 0.05) is 6.61 Å². The van der Waals surface area contributed by atoms with Gasteiger partial charge in [-0.25, -0.2) is 0 Å². The van der Waals surface area contributed by atoms with Crippen LogP contribution in [0.25, 0.3) is 0 Å². The Kier molecular flexibility index (Phi) is 1.61. The van der Waals surface area contributed by atoms with Crippen molar-refractivity contribution in [2.75, 3.05) is 6.61 Å². The zero-order valence-corrected chi connectivity index (χ0v) is 8.08. The standard InChI is InChI=1S/C12H18O/c13-8-12(3-4-12)7-11-6-9-1-2-10(11)5-9/h1-2,9-11,13H,3-8H2. The van der Waals surface area contributed by atoms with Crippen LogP contribution in [0.5, 0.6) is 0 Å². The first-order chi connectivity index (χ1) is 6.31. The number of rotatable bonds is 3. The van der Waals surface area contributed by atoms with Gasteiger partial charge < -0.3 is 5.11 Å². The maximum atomic E-state index is 9.27. The predicted molar refractivity (Wildman–Crippen MR) is 52.2 cm³/mol. The molecule has 2 bridgehead atoms. The molecule has 2 fully saturated rings. The maximum absolute atomic E-state index is 9.27. The van der Waals surface area contributed by atoms with Crippen LogP contribution in [0, 0.1) is 23.2 Å². The van der Waals surface area contributed by atoms with E-state index in [9.17, 15) is 5.11 Å². The fourth-order valence-electron chi connectivity index (χ4n) is 3.29. The molecule has 0 aliphatic heterocycles. The number of fused-ring (bicyclic) bond motifs is 2. The Bertz CT molecular complexity index is 240. The lowest BCUT2D eigenvalue weighted by molar-refractivity contribution is 0.176. The quantitative estimate of drug-likeness (QED) is 0.658. The summed E-state index contributed by atoms with van der Waals surface area (Å²) < 4.78 is 0. The molecule has 0 heterocycles. The van der Waals surface area contributed by atoms with E-state index >= 15 is 0 Å². The molecule has 13 heavy (non-hydrogen) atoms. The minimum absolute atomic E-state index is 0.378. The lowest BCUT2D eigenvalue weighted by Gasteiger charge is -2.22. The van der Waals surface area contributed by atoms with E-state index in [0.29, 0.717) is 12.0 Å². The summed E-state index contributed by atoms with van der Waals surface area (Å²) in [5.41, 5.74) is 0.378. The maximum Gasteiger partial charge on any atom is 0.0487 e. The van der Waals surface area contributed by atoms with Crippen LogP contribution in [0.1, 0.15) is 32.1 Å². The van der Waals surface area contributed by atoms with E-state index in [1.165, 1.54) is 32.1 Å². The summed E-state index contributed by atoms with van der Waals surface area (Å²) in [6.45, 7) is 0.435. The van der Waals surface area contributed by atoms with Gasteiger partial charge in [0.15, 0.2) is 0 Å². The minimum atomic E-state index is 0.378. The largest absolute Gasteiger partial charge is 0.396 e. The van der Waals surface area contributed by atoms with E-state index in [0.717, 1.165) is 17.8 Å². The van der Waals surface area contributed by atoms with Crippen LogP contribution in [-0.2, 0) is 0 Å². The van der Waals surface area contributed by atoms with Crippen LogP contribution in [0.4, 0.5) is 0 Å². The molecule has 2 saturated carbocycles. The highest BCUT2D eigenvalue weighted by Gasteiger charge is 2.47. The number of hydrogen-bond donors (Lipinski definition) is 1. The highest BCUT2D eigenvalue weighted by molar-refractivity contribution is 5.11. The Balaban J connectivity index is 1.65. The smallest absolute Gasteiger partial charge is 0.0487 e. The molecule has 3 rings (SSSR count). The van der Waals surface area contributed by atoms with Crippen molar-refractivity contribution < 1.29 is 5.11 Å². The lowest BCUT2D eigenvalue weighted by atomic mass is 9.84. The van der Waals surface area contributed by atoms with Crippen LogP contribution in [0.3, 0.4) is 0 Å². The fraction of sp³-hybridized carbons (Fsp3) is 0.833. The molecule has 3 unspecified atom stereocenters. The Morgan fingerprint density at radius 2 is 2.08 bits per heavy atom. The highest BCUT2D eigenvalue weighted by Crippen LogP contribution is 2.55. The van der Waals surface area contributed by atoms with Crippen LogP contribution in [0.2, 0.25) is 0 Å². The van der Waals surface area contributed by atoms with E-state index in [1.54, 1.807) is 0 Å². The Morgan fingerprint density at radius 3 is 2.54 bits per heavy atom. The molecule has 72 valence electrons. The topological polar surface area (TPSA) is 20.2 Å². The summed E-state index contributed by atoms with van der Waals surface area (Å²) >= 11 is 0. The first-order valence-electron chi connectivity index (χ1n) is 5.61. The molecular weight excluding hydrogens is 160 g/mol. The van der Waals surface area contributed by atoms with Crippen molar-refractivity contribution in [2.45, 2.75) is 32.1 Å². The van der Waals surface area contributed by atoms with Crippen molar-refractivity contribution in [3.05, 3.63) is 12.2 Å². The zero-order valence-electron chi connectivity index (χ0n) is 8.08. The monoisotopic (exact) mass is 178 g/mol. The summed E-state index contributed by atoms with van der Waals surface area (Å²) in [5, 5.41) is 9.27. The summed E-state index contributed by atoms with van der Waals surface area (Å²) in [6.07, 6.45) is 11.5. The average molecular weight is 178 g/mol. The number of hydrogen-bond acceptors (Lipinski definition) is 1. The van der Waals surface area contributed by atoms with Crippen molar-refractivity contribution in [1.29, 1.82) is 0 Å². The summed E-state index contributed by atoms with van der Waals surface area (Å²) in [7, 11) is 0. The molecule has 1 N–H and O–H groups in total. The second-order valence-electron chi connectivity index (χ2n) is 5.40. The third kappa shape index (κ3) is 1.25. The molecule has 1 heteroatoms. The third-order valence-corrected chi connectivity index (χ3v) is 4.40. The number of aliphatic hydroxyl groups is 1. The molecule has 0 radical (unpaired) electrons. The third-order valence-electron chi connectivity index (χ3n) is 4.40. The molecule has 0 saturated heterocycles. The first kappa shape index (κ1) is 8.05. The van der Waals surface area contributed by atoms with E-state index in [4.69, 9.17) is 0 Å². The average Bonchev–Trinajstić information content (AvgIpc) is 2.62. The summed E-state index contributed by atoms with van der Waals surface area (Å²) in [5.74, 6) is 2.67. The molecule has 3 atom stereocenters. The van der Waals surface area contributed by atoms with Gasteiger partial charge in [-0.15, -0.1) is 0 Å². The second-order valence-corrected chi connectivity index (χ2v) is 5.40. The summed E-state index contributed by atoms with van der Waals surface area (Å²) in [6, 6.07) is 0. The molecular formula is C12H18O. The van der Waals surface area contributed by atoms with Crippen molar-refractivity contribution in [2.24, 2.45) is 23.2 Å². The number of allylic oxidation sites excluding steroid dienone is 2.